The van der Waals surface area contributed by atoms with Gasteiger partial charge in [0.1, 0.15) is 6.04 Å². The van der Waals surface area contributed by atoms with Crippen LogP contribution in [-0.2, 0) is 16.0 Å². The first-order chi connectivity index (χ1) is 8.09. The number of amides is 2. The number of hydrogen-bond donors (Lipinski definition) is 1. The summed E-state index contributed by atoms with van der Waals surface area (Å²) < 4.78 is 0. The maximum absolute atomic E-state index is 12.2. The highest BCUT2D eigenvalue weighted by molar-refractivity contribution is 6.00. The number of fused-ring (bicyclic) bond motifs is 1. The van der Waals surface area contributed by atoms with Gasteiger partial charge in [-0.3, -0.25) is 9.59 Å². The van der Waals surface area contributed by atoms with E-state index in [9.17, 15) is 9.59 Å². The number of benzene rings is 1. The van der Waals surface area contributed by atoms with Crippen molar-refractivity contribution < 1.29 is 9.59 Å². The zero-order valence-corrected chi connectivity index (χ0v) is 10.1. The van der Waals surface area contributed by atoms with E-state index < -0.39 is 6.04 Å². The highest BCUT2D eigenvalue weighted by atomic mass is 16.2. The van der Waals surface area contributed by atoms with Crippen LogP contribution >= 0.6 is 0 Å². The van der Waals surface area contributed by atoms with Gasteiger partial charge in [-0.15, -0.1) is 0 Å². The average Bonchev–Trinajstić information content (AvgIpc) is 2.70. The Bertz CT molecular complexity index is 456. The fourth-order valence-electron chi connectivity index (χ4n) is 2.17. The molecule has 1 aliphatic rings. The van der Waals surface area contributed by atoms with Crippen LogP contribution in [0.25, 0.3) is 0 Å². The Morgan fingerprint density at radius 1 is 1.35 bits per heavy atom. The third-order valence-corrected chi connectivity index (χ3v) is 2.94. The fourth-order valence-corrected chi connectivity index (χ4v) is 2.17. The molecular formula is C13H16N2O2. The summed E-state index contributed by atoms with van der Waals surface area (Å²) in [6, 6.07) is 7.41. The van der Waals surface area contributed by atoms with Crippen molar-refractivity contribution in [2.45, 2.75) is 26.3 Å². The molecule has 1 aromatic rings. The molecule has 0 spiro atoms. The monoisotopic (exact) mass is 232 g/mol. The van der Waals surface area contributed by atoms with Crippen molar-refractivity contribution in [3.8, 4) is 0 Å². The second-order valence-corrected chi connectivity index (χ2v) is 4.29. The minimum Gasteiger partial charge on any atom is -0.345 e. The van der Waals surface area contributed by atoms with Crippen LogP contribution in [0.3, 0.4) is 0 Å². The molecule has 0 aliphatic carbocycles. The molecule has 17 heavy (non-hydrogen) atoms. The molecule has 0 bridgehead atoms. The van der Waals surface area contributed by atoms with E-state index in [2.05, 4.69) is 5.32 Å². The van der Waals surface area contributed by atoms with E-state index in [-0.39, 0.29) is 11.8 Å². The third-order valence-electron chi connectivity index (χ3n) is 2.94. The molecule has 2 rings (SSSR count). The highest BCUT2D eigenvalue weighted by Crippen LogP contribution is 2.27. The van der Waals surface area contributed by atoms with E-state index in [0.717, 1.165) is 12.1 Å². The molecule has 0 aromatic heterocycles. The Hall–Kier alpha value is -1.84. The van der Waals surface area contributed by atoms with Crippen LogP contribution in [0.5, 0.6) is 0 Å². The maximum Gasteiger partial charge on any atom is 0.249 e. The van der Waals surface area contributed by atoms with Gasteiger partial charge >= 0.3 is 0 Å². The molecule has 1 unspecified atom stereocenters. The van der Waals surface area contributed by atoms with Crippen LogP contribution in [-0.4, -0.2) is 24.4 Å². The van der Waals surface area contributed by atoms with Crippen LogP contribution in [0.2, 0.25) is 0 Å². The van der Waals surface area contributed by atoms with Crippen molar-refractivity contribution in [3.63, 3.8) is 0 Å². The molecule has 1 heterocycles. The van der Waals surface area contributed by atoms with E-state index in [4.69, 9.17) is 0 Å². The number of hydrogen-bond acceptors (Lipinski definition) is 2. The largest absolute Gasteiger partial charge is 0.345 e. The number of para-hydroxylation sites is 1. The third kappa shape index (κ3) is 2.30. The van der Waals surface area contributed by atoms with Crippen molar-refractivity contribution in [1.29, 1.82) is 0 Å². The van der Waals surface area contributed by atoms with E-state index in [1.807, 2.05) is 24.3 Å². The van der Waals surface area contributed by atoms with Crippen LogP contribution in [0, 0.1) is 0 Å². The number of anilines is 1. The van der Waals surface area contributed by atoms with Gasteiger partial charge in [0.05, 0.1) is 0 Å². The molecule has 2 amide bonds. The van der Waals surface area contributed by atoms with E-state index in [0.29, 0.717) is 6.54 Å². The summed E-state index contributed by atoms with van der Waals surface area (Å²) in [6.07, 6.45) is 0.884. The van der Waals surface area contributed by atoms with Gasteiger partial charge in [-0.25, -0.2) is 0 Å². The van der Waals surface area contributed by atoms with Gasteiger partial charge < -0.3 is 10.2 Å². The molecule has 1 aliphatic heterocycles. The molecule has 1 aromatic carbocycles. The average molecular weight is 232 g/mol. The number of carbonyl (C=O) groups is 2. The molecular weight excluding hydrogens is 216 g/mol. The quantitative estimate of drug-likeness (QED) is 0.830. The predicted molar refractivity (Wildman–Crippen MR) is 65.8 cm³/mol. The SMILES string of the molecule is CC(=O)NC(C)C(=O)N1CCc2ccccc21. The van der Waals surface area contributed by atoms with Gasteiger partial charge in [0.2, 0.25) is 11.8 Å². The first kappa shape index (κ1) is 11.6. The lowest BCUT2D eigenvalue weighted by molar-refractivity contribution is -0.126. The lowest BCUT2D eigenvalue weighted by Gasteiger charge is -2.21. The maximum atomic E-state index is 12.2. The summed E-state index contributed by atoms with van der Waals surface area (Å²) in [6.45, 7) is 3.83. The summed E-state index contributed by atoms with van der Waals surface area (Å²) in [5, 5.41) is 2.62. The van der Waals surface area contributed by atoms with Gasteiger partial charge in [0, 0.05) is 19.2 Å². The molecule has 4 nitrogen and oxygen atoms in total. The molecule has 4 heteroatoms. The van der Waals surface area contributed by atoms with Crippen LogP contribution in [0.4, 0.5) is 5.69 Å². The topological polar surface area (TPSA) is 49.4 Å². The summed E-state index contributed by atoms with van der Waals surface area (Å²) in [4.78, 5) is 24.8. The summed E-state index contributed by atoms with van der Waals surface area (Å²) in [5.74, 6) is -0.233. The van der Waals surface area contributed by atoms with Crippen molar-refractivity contribution >= 4 is 17.5 Å². The van der Waals surface area contributed by atoms with Gasteiger partial charge in [0.25, 0.3) is 0 Å². The van der Waals surface area contributed by atoms with E-state index >= 15 is 0 Å². The number of carbonyl (C=O) groups excluding carboxylic acids is 2. The Labute approximate surface area is 101 Å². The predicted octanol–water partition coefficient (Wildman–Crippen LogP) is 1.10. The van der Waals surface area contributed by atoms with Crippen molar-refractivity contribution in [2.24, 2.45) is 0 Å². The van der Waals surface area contributed by atoms with E-state index in [1.54, 1.807) is 11.8 Å². The Balaban J connectivity index is 2.15. The molecule has 0 radical (unpaired) electrons. The Morgan fingerprint density at radius 2 is 2.06 bits per heavy atom. The fraction of sp³-hybridized carbons (Fsp3) is 0.385. The second kappa shape index (κ2) is 4.57. The van der Waals surface area contributed by atoms with Crippen LogP contribution < -0.4 is 10.2 Å². The van der Waals surface area contributed by atoms with Gasteiger partial charge in [-0.05, 0) is 25.0 Å². The molecule has 0 fully saturated rings. The van der Waals surface area contributed by atoms with Gasteiger partial charge in [-0.1, -0.05) is 18.2 Å². The van der Waals surface area contributed by atoms with E-state index in [1.165, 1.54) is 12.5 Å². The zero-order chi connectivity index (χ0) is 12.4. The molecule has 1 atom stereocenters. The van der Waals surface area contributed by atoms with Crippen LogP contribution in [0.15, 0.2) is 24.3 Å². The standard InChI is InChI=1S/C13H16N2O2/c1-9(14-10(2)16)13(17)15-8-7-11-5-3-4-6-12(11)15/h3-6,9H,7-8H2,1-2H3,(H,14,16). The number of nitrogens with zero attached hydrogens (tertiary/aromatic N) is 1. The molecule has 1 N–H and O–H groups in total. The summed E-state index contributed by atoms with van der Waals surface area (Å²) in [5.41, 5.74) is 2.16. The second-order valence-electron chi connectivity index (χ2n) is 4.29. The Kier molecular flexibility index (Phi) is 3.13. The first-order valence-electron chi connectivity index (χ1n) is 5.76. The molecule has 0 saturated carbocycles. The number of nitrogens with one attached hydrogen (secondary N) is 1. The van der Waals surface area contributed by atoms with Gasteiger partial charge in [-0.2, -0.15) is 0 Å². The Morgan fingerprint density at radius 3 is 2.76 bits per heavy atom. The lowest BCUT2D eigenvalue weighted by atomic mass is 10.2. The normalized spacial score (nSPS) is 15.3. The van der Waals surface area contributed by atoms with Crippen molar-refractivity contribution in [1.82, 2.24) is 5.32 Å². The summed E-state index contributed by atoms with van der Waals surface area (Å²) in [7, 11) is 0. The molecule has 90 valence electrons. The van der Waals surface area contributed by atoms with Gasteiger partial charge in [0.15, 0.2) is 0 Å². The first-order valence-corrected chi connectivity index (χ1v) is 5.76. The van der Waals surface area contributed by atoms with Crippen LogP contribution in [0.1, 0.15) is 19.4 Å². The number of rotatable bonds is 2. The highest BCUT2D eigenvalue weighted by Gasteiger charge is 2.27. The zero-order valence-electron chi connectivity index (χ0n) is 10.1. The minimum atomic E-state index is -0.473. The summed E-state index contributed by atoms with van der Waals surface area (Å²) >= 11 is 0. The van der Waals surface area contributed by atoms with Crippen molar-refractivity contribution in [2.75, 3.05) is 11.4 Å². The van der Waals surface area contributed by atoms with Crippen molar-refractivity contribution in [3.05, 3.63) is 29.8 Å². The minimum absolute atomic E-state index is 0.0508. The lowest BCUT2D eigenvalue weighted by Crippen LogP contribution is -2.45. The smallest absolute Gasteiger partial charge is 0.249 e. The molecule has 0 saturated heterocycles.